The predicted octanol–water partition coefficient (Wildman–Crippen LogP) is 9.05. The number of ketones is 1. The Bertz CT molecular complexity index is 965. The second-order valence-corrected chi connectivity index (χ2v) is 19.3. The van der Waals surface area contributed by atoms with Crippen molar-refractivity contribution >= 4 is 5.78 Å². The number of carbonyl (C=O) groups excluding carboxylic acids is 1. The minimum absolute atomic E-state index is 0.158. The van der Waals surface area contributed by atoms with Crippen LogP contribution in [0.25, 0.3) is 0 Å². The molecule has 0 aromatic carbocycles. The van der Waals surface area contributed by atoms with Crippen molar-refractivity contribution in [2.24, 2.45) is 87.3 Å². The van der Waals surface area contributed by atoms with Gasteiger partial charge in [-0.25, -0.2) is 0 Å². The summed E-state index contributed by atoms with van der Waals surface area (Å²) in [5, 5.41) is 20.3. The number of carbonyl (C=O) groups is 1. The van der Waals surface area contributed by atoms with Gasteiger partial charge in [0, 0.05) is 23.7 Å². The molecule has 12 aliphatic rings. The van der Waals surface area contributed by atoms with Crippen LogP contribution in [0.15, 0.2) is 0 Å². The first-order valence-corrected chi connectivity index (χ1v) is 18.7. The van der Waals surface area contributed by atoms with Gasteiger partial charge in [-0.2, -0.15) is 0 Å². The lowest BCUT2D eigenvalue weighted by Crippen LogP contribution is -2.62. The summed E-state index contributed by atoms with van der Waals surface area (Å²) >= 11 is 0. The summed E-state index contributed by atoms with van der Waals surface area (Å²) in [5.74, 6) is 8.02. The maximum absolute atomic E-state index is 11.9. The zero-order valence-electron chi connectivity index (χ0n) is 28.0. The Labute approximate surface area is 257 Å². The van der Waals surface area contributed by atoms with Gasteiger partial charge in [0.05, 0.1) is 0 Å². The molecule has 4 unspecified atom stereocenters. The lowest BCUT2D eigenvalue weighted by Gasteiger charge is -2.63. The standard InChI is InChI=1S/C13H22O2.C13H20O.C13H22/c1-8(2)12-5-9-3-10(6-12)13(14,15)11(4-9)7-12;1-8(2)13-5-9-3-10(6-13)12(14)11(4-9)7-13;1-9(2)13-6-10-3-11(7-13)5-12(4-10)8-13/h8-11,14-15H,3-7H2,1-2H3;8-11H,3-7H2,1-2H3;9-12H,3-8H2,1-2H3. The molecule has 0 aromatic heterocycles. The molecule has 42 heavy (non-hydrogen) atoms. The van der Waals surface area contributed by atoms with E-state index in [0.717, 1.165) is 72.5 Å². The van der Waals surface area contributed by atoms with Crippen LogP contribution in [0.5, 0.6) is 0 Å². The maximum atomic E-state index is 11.9. The Morgan fingerprint density at radius 1 is 0.476 bits per heavy atom. The molecule has 0 spiro atoms. The predicted molar refractivity (Wildman–Crippen MR) is 169 cm³/mol. The van der Waals surface area contributed by atoms with Crippen molar-refractivity contribution in [1.82, 2.24) is 0 Å². The van der Waals surface area contributed by atoms with Gasteiger partial charge in [-0.1, -0.05) is 41.5 Å². The highest BCUT2D eigenvalue weighted by molar-refractivity contribution is 5.85. The number of hydrogen-bond donors (Lipinski definition) is 2. The molecule has 0 heterocycles. The molecule has 12 saturated carbocycles. The third-order valence-corrected chi connectivity index (χ3v) is 16.2. The molecule has 12 rings (SSSR count). The smallest absolute Gasteiger partial charge is 0.168 e. The van der Waals surface area contributed by atoms with Crippen molar-refractivity contribution in [3.05, 3.63) is 0 Å². The molecule has 4 atom stereocenters. The van der Waals surface area contributed by atoms with Gasteiger partial charge < -0.3 is 10.2 Å². The van der Waals surface area contributed by atoms with Gasteiger partial charge in [-0.15, -0.1) is 0 Å². The molecule has 238 valence electrons. The number of rotatable bonds is 3. The quantitative estimate of drug-likeness (QED) is 0.327. The van der Waals surface area contributed by atoms with Crippen molar-refractivity contribution in [1.29, 1.82) is 0 Å². The maximum Gasteiger partial charge on any atom is 0.168 e. The lowest BCUT2D eigenvalue weighted by atomic mass is 9.45. The minimum Gasteiger partial charge on any atom is -0.365 e. The third kappa shape index (κ3) is 4.82. The average molecular weight is 581 g/mol. The Morgan fingerprint density at radius 2 is 0.786 bits per heavy atom. The van der Waals surface area contributed by atoms with E-state index in [4.69, 9.17) is 0 Å². The third-order valence-electron chi connectivity index (χ3n) is 16.2. The summed E-state index contributed by atoms with van der Waals surface area (Å²) in [6, 6.07) is 0. The number of Topliss-reactive ketones (excluding diaryl/α,β-unsaturated/α-hetero) is 1. The largest absolute Gasteiger partial charge is 0.365 e. The zero-order valence-corrected chi connectivity index (χ0v) is 28.0. The summed E-state index contributed by atoms with van der Waals surface area (Å²) in [6.45, 7) is 14.3. The Balaban J connectivity index is 0.000000103. The summed E-state index contributed by atoms with van der Waals surface area (Å²) in [7, 11) is 0. The highest BCUT2D eigenvalue weighted by atomic mass is 16.5. The van der Waals surface area contributed by atoms with Crippen LogP contribution in [0, 0.1) is 87.3 Å². The first-order chi connectivity index (χ1) is 19.7. The summed E-state index contributed by atoms with van der Waals surface area (Å²) < 4.78 is 0. The van der Waals surface area contributed by atoms with Crippen LogP contribution in [-0.4, -0.2) is 21.8 Å². The van der Waals surface area contributed by atoms with Crippen LogP contribution in [-0.2, 0) is 4.79 Å². The molecule has 0 amide bonds. The molecule has 12 aliphatic carbocycles. The molecule has 3 nitrogen and oxygen atoms in total. The fourth-order valence-corrected chi connectivity index (χ4v) is 14.1. The van der Waals surface area contributed by atoms with E-state index in [1.54, 1.807) is 38.5 Å². The minimum atomic E-state index is -1.34. The van der Waals surface area contributed by atoms with Crippen LogP contribution in [0.1, 0.15) is 144 Å². The molecule has 3 heteroatoms. The highest BCUT2D eigenvalue weighted by Crippen LogP contribution is 2.66. The van der Waals surface area contributed by atoms with Gasteiger partial charge in [0.1, 0.15) is 5.78 Å². The van der Waals surface area contributed by atoms with Gasteiger partial charge in [0.2, 0.25) is 0 Å². The molecule has 0 saturated heterocycles. The van der Waals surface area contributed by atoms with Crippen LogP contribution in [0.2, 0.25) is 0 Å². The normalized spacial score (nSPS) is 51.7. The summed E-state index contributed by atoms with van der Waals surface area (Å²) in [4.78, 5) is 11.9. The van der Waals surface area contributed by atoms with Crippen LogP contribution in [0.3, 0.4) is 0 Å². The molecule has 0 aliphatic heterocycles. The summed E-state index contributed by atoms with van der Waals surface area (Å²) in [5.41, 5.74) is 1.80. The van der Waals surface area contributed by atoms with Crippen molar-refractivity contribution in [2.45, 2.75) is 150 Å². The fraction of sp³-hybridized carbons (Fsp3) is 0.974. The molecule has 0 radical (unpaired) electrons. The SMILES string of the molecule is CC(C)C12CC3CC(C1)C(=O)C(C3)C2.CC(C)C12CC3CC(C1)C(O)(O)C(C3)C2.CC(C)C12CC3CC(CC(C3)C1)C2. The van der Waals surface area contributed by atoms with Crippen molar-refractivity contribution in [2.75, 3.05) is 0 Å². The van der Waals surface area contributed by atoms with E-state index < -0.39 is 5.79 Å². The van der Waals surface area contributed by atoms with Crippen LogP contribution < -0.4 is 0 Å². The van der Waals surface area contributed by atoms with Crippen LogP contribution in [0.4, 0.5) is 0 Å². The number of aliphatic hydroxyl groups is 2. The van der Waals surface area contributed by atoms with E-state index in [2.05, 4.69) is 41.5 Å². The first kappa shape index (κ1) is 30.3. The van der Waals surface area contributed by atoms with Crippen molar-refractivity contribution in [3.63, 3.8) is 0 Å². The fourth-order valence-electron chi connectivity index (χ4n) is 14.1. The molecule has 12 fully saturated rings. The van der Waals surface area contributed by atoms with Crippen LogP contribution >= 0.6 is 0 Å². The molecule has 12 bridgehead atoms. The first-order valence-electron chi connectivity index (χ1n) is 18.7. The van der Waals surface area contributed by atoms with Gasteiger partial charge in [-0.3, -0.25) is 4.79 Å². The zero-order chi connectivity index (χ0) is 29.8. The highest BCUT2D eigenvalue weighted by Gasteiger charge is 2.62. The molecular weight excluding hydrogens is 516 g/mol. The van der Waals surface area contributed by atoms with E-state index >= 15 is 0 Å². The molecule has 2 N–H and O–H groups in total. The Morgan fingerprint density at radius 3 is 1.17 bits per heavy atom. The van der Waals surface area contributed by atoms with E-state index in [-0.39, 0.29) is 11.8 Å². The van der Waals surface area contributed by atoms with Gasteiger partial charge in [0.15, 0.2) is 5.79 Å². The Kier molecular flexibility index (Phi) is 7.42. The molecule has 0 aromatic rings. The Hall–Kier alpha value is -0.410. The van der Waals surface area contributed by atoms with Gasteiger partial charge in [-0.05, 0) is 166 Å². The number of hydrogen-bond acceptors (Lipinski definition) is 3. The van der Waals surface area contributed by atoms with Crippen molar-refractivity contribution < 1.29 is 15.0 Å². The van der Waals surface area contributed by atoms with E-state index in [1.165, 1.54) is 38.5 Å². The van der Waals surface area contributed by atoms with Gasteiger partial charge in [0.25, 0.3) is 0 Å². The second kappa shape index (κ2) is 10.3. The van der Waals surface area contributed by atoms with Crippen molar-refractivity contribution in [3.8, 4) is 0 Å². The van der Waals surface area contributed by atoms with Gasteiger partial charge >= 0.3 is 0 Å². The average Bonchev–Trinajstić information content (AvgIpc) is 2.89. The second-order valence-electron chi connectivity index (χ2n) is 19.3. The monoisotopic (exact) mass is 580 g/mol. The van der Waals surface area contributed by atoms with E-state index in [0.29, 0.717) is 34.4 Å². The van der Waals surface area contributed by atoms with E-state index in [1.807, 2.05) is 0 Å². The summed E-state index contributed by atoms with van der Waals surface area (Å²) in [6.07, 6.45) is 21.4. The topological polar surface area (TPSA) is 57.5 Å². The van der Waals surface area contributed by atoms with E-state index in [9.17, 15) is 15.0 Å². The lowest BCUT2D eigenvalue weighted by molar-refractivity contribution is -0.312. The molecular formula is C39H64O3.